The van der Waals surface area contributed by atoms with Gasteiger partial charge in [-0.1, -0.05) is 48.2 Å². The van der Waals surface area contributed by atoms with Crippen molar-refractivity contribution >= 4 is 29.3 Å². The topological polar surface area (TPSA) is 149 Å². The zero-order chi connectivity index (χ0) is 25.5. The Hall–Kier alpha value is -3.32. The molecule has 1 aliphatic heterocycles. The molecule has 12 heteroatoms. The van der Waals surface area contributed by atoms with Gasteiger partial charge in [-0.3, -0.25) is 9.59 Å². The number of nitrogens with one attached hydrogen (secondary N) is 1. The van der Waals surface area contributed by atoms with Crippen LogP contribution in [0.25, 0.3) is 0 Å². The number of aliphatic hydroxyl groups is 1. The molecule has 36 heavy (non-hydrogen) atoms. The molecule has 3 atom stereocenters. The lowest BCUT2D eigenvalue weighted by Gasteiger charge is -2.36. The molecule has 0 aliphatic carbocycles. The number of carbonyl (C=O) groups is 2. The van der Waals surface area contributed by atoms with Gasteiger partial charge < -0.3 is 25.0 Å². The molecule has 0 spiro atoms. The summed E-state index contributed by atoms with van der Waals surface area (Å²) < 4.78 is 14.2. The Morgan fingerprint density at radius 2 is 1.81 bits per heavy atom. The van der Waals surface area contributed by atoms with Crippen LogP contribution in [0.2, 0.25) is 0 Å². The van der Waals surface area contributed by atoms with E-state index < -0.39 is 12.3 Å². The Morgan fingerprint density at radius 1 is 1.08 bits per heavy atom. The highest BCUT2D eigenvalue weighted by atomic mass is 32.2. The summed E-state index contributed by atoms with van der Waals surface area (Å²) in [6, 6.07) is 14.7. The number of aryl methyl sites for hydroxylation is 1. The van der Waals surface area contributed by atoms with Gasteiger partial charge in [-0.25, -0.2) is 4.68 Å². The van der Waals surface area contributed by atoms with E-state index in [1.807, 2.05) is 36.4 Å². The predicted octanol–water partition coefficient (Wildman–Crippen LogP) is 2.84. The number of aromatic nitrogens is 4. The molecule has 2 heterocycles. The van der Waals surface area contributed by atoms with Gasteiger partial charge in [-0.2, -0.15) is 0 Å². The van der Waals surface area contributed by atoms with Crippen molar-refractivity contribution in [1.29, 1.82) is 0 Å². The van der Waals surface area contributed by atoms with E-state index in [0.717, 1.165) is 16.7 Å². The maximum absolute atomic E-state index is 11.9. The van der Waals surface area contributed by atoms with Crippen molar-refractivity contribution in [3.63, 3.8) is 0 Å². The summed E-state index contributed by atoms with van der Waals surface area (Å²) in [5.74, 6) is -0.760. The number of ether oxygens (including phenoxy) is 2. The largest absolute Gasteiger partial charge is 0.481 e. The van der Waals surface area contributed by atoms with Crippen LogP contribution in [0.1, 0.15) is 48.3 Å². The van der Waals surface area contributed by atoms with Gasteiger partial charge in [-0.15, -0.1) is 5.10 Å². The van der Waals surface area contributed by atoms with Crippen LogP contribution in [0.3, 0.4) is 0 Å². The molecular formula is C24H27N5O6S. The van der Waals surface area contributed by atoms with E-state index in [4.69, 9.17) is 14.6 Å². The summed E-state index contributed by atoms with van der Waals surface area (Å²) in [4.78, 5) is 22.6. The van der Waals surface area contributed by atoms with Crippen LogP contribution in [0.5, 0.6) is 0 Å². The van der Waals surface area contributed by atoms with Crippen molar-refractivity contribution in [3.8, 4) is 0 Å². The van der Waals surface area contributed by atoms with Gasteiger partial charge in [0.25, 0.3) is 0 Å². The summed E-state index contributed by atoms with van der Waals surface area (Å²) in [5, 5.41) is 33.0. The number of aliphatic hydroxyl groups excluding tert-OH is 1. The molecule has 0 bridgehead atoms. The second kappa shape index (κ2) is 12.1. The van der Waals surface area contributed by atoms with Gasteiger partial charge in [-0.05, 0) is 33.7 Å². The van der Waals surface area contributed by atoms with E-state index in [1.165, 1.54) is 11.8 Å². The SMILES string of the molecule is Cn1nnnc1SC[C@H]1C[C@@H](c2ccc(CO)cc2)O[C@@H](c2ccc(NC(=O)CCC(=O)O)cc2)O1. The second-order valence-corrected chi connectivity index (χ2v) is 9.30. The molecule has 0 unspecified atom stereocenters. The van der Waals surface area contributed by atoms with Crippen molar-refractivity contribution in [2.45, 2.75) is 49.5 Å². The fourth-order valence-corrected chi connectivity index (χ4v) is 4.57. The molecule has 0 radical (unpaired) electrons. The van der Waals surface area contributed by atoms with Crippen molar-refractivity contribution in [2.75, 3.05) is 11.1 Å². The number of hydrogen-bond acceptors (Lipinski definition) is 9. The summed E-state index contributed by atoms with van der Waals surface area (Å²) in [7, 11) is 1.78. The van der Waals surface area contributed by atoms with E-state index in [-0.39, 0.29) is 37.6 Å². The first kappa shape index (κ1) is 25.8. The Morgan fingerprint density at radius 3 is 2.44 bits per heavy atom. The van der Waals surface area contributed by atoms with E-state index in [9.17, 15) is 14.7 Å². The molecule has 2 aromatic carbocycles. The molecule has 190 valence electrons. The van der Waals surface area contributed by atoms with E-state index >= 15 is 0 Å². The average Bonchev–Trinajstić information content (AvgIpc) is 3.31. The molecule has 4 rings (SSSR count). The molecule has 0 saturated carbocycles. The number of carboxylic acid groups (broad SMARTS) is 1. The number of carboxylic acids is 1. The first-order valence-corrected chi connectivity index (χ1v) is 12.4. The predicted molar refractivity (Wildman–Crippen MR) is 130 cm³/mol. The fourth-order valence-electron chi connectivity index (χ4n) is 3.70. The minimum Gasteiger partial charge on any atom is -0.481 e. The third-order valence-corrected chi connectivity index (χ3v) is 6.77. The smallest absolute Gasteiger partial charge is 0.303 e. The number of thioether (sulfide) groups is 1. The lowest BCUT2D eigenvalue weighted by Crippen LogP contribution is -2.31. The van der Waals surface area contributed by atoms with Gasteiger partial charge >= 0.3 is 5.97 Å². The highest BCUT2D eigenvalue weighted by molar-refractivity contribution is 7.99. The first-order valence-electron chi connectivity index (χ1n) is 11.4. The molecule has 11 nitrogen and oxygen atoms in total. The first-order chi connectivity index (χ1) is 17.4. The van der Waals surface area contributed by atoms with Crippen LogP contribution in [0.4, 0.5) is 5.69 Å². The van der Waals surface area contributed by atoms with Gasteiger partial charge in [0.15, 0.2) is 6.29 Å². The molecule has 3 N–H and O–H groups in total. The third-order valence-electron chi connectivity index (χ3n) is 5.63. The van der Waals surface area contributed by atoms with E-state index in [0.29, 0.717) is 23.0 Å². The Labute approximate surface area is 211 Å². The number of hydrogen-bond donors (Lipinski definition) is 3. The maximum atomic E-state index is 11.9. The average molecular weight is 514 g/mol. The molecule has 1 aliphatic rings. The van der Waals surface area contributed by atoms with Crippen LogP contribution in [0.15, 0.2) is 53.7 Å². The number of aliphatic carboxylic acids is 1. The zero-order valence-electron chi connectivity index (χ0n) is 19.6. The Balaban J connectivity index is 1.47. The lowest BCUT2D eigenvalue weighted by atomic mass is 10.0. The van der Waals surface area contributed by atoms with Crippen molar-refractivity contribution in [1.82, 2.24) is 20.2 Å². The molecule has 1 saturated heterocycles. The van der Waals surface area contributed by atoms with Gasteiger partial charge in [0, 0.05) is 36.9 Å². The highest BCUT2D eigenvalue weighted by Crippen LogP contribution is 2.39. The normalized spacial score (nSPS) is 19.7. The molecule has 1 fully saturated rings. The molecular weight excluding hydrogens is 486 g/mol. The molecule has 3 aromatic rings. The van der Waals surface area contributed by atoms with Gasteiger partial charge in [0.05, 0.1) is 25.2 Å². The minimum atomic E-state index is -1.02. The summed E-state index contributed by atoms with van der Waals surface area (Å²) >= 11 is 1.50. The fraction of sp³-hybridized carbons (Fsp3) is 0.375. The number of nitrogens with zero attached hydrogens (tertiary/aromatic N) is 4. The van der Waals surface area contributed by atoms with Crippen LogP contribution < -0.4 is 5.32 Å². The number of rotatable bonds is 10. The van der Waals surface area contributed by atoms with Crippen LogP contribution >= 0.6 is 11.8 Å². The summed E-state index contributed by atoms with van der Waals surface area (Å²) in [6.45, 7) is -0.0261. The Bertz CT molecular complexity index is 1170. The number of tetrazole rings is 1. The standard InChI is InChI=1S/C24H27N5O6S/c1-29-24(26-27-28-29)36-14-19-12-20(16-4-2-15(13-30)3-5-16)35-23(34-19)17-6-8-18(9-7-17)25-21(31)10-11-22(32)33/h2-9,19-20,23,30H,10-14H2,1H3,(H,25,31)(H,32,33)/t19-,20+,23+/m1/s1. The second-order valence-electron chi connectivity index (χ2n) is 8.31. The molecule has 1 aromatic heterocycles. The van der Waals surface area contributed by atoms with Crippen LogP contribution in [-0.2, 0) is 32.7 Å². The monoisotopic (exact) mass is 513 g/mol. The van der Waals surface area contributed by atoms with Crippen molar-refractivity contribution in [3.05, 3.63) is 65.2 Å². The van der Waals surface area contributed by atoms with Crippen LogP contribution in [-0.4, -0.2) is 54.2 Å². The third kappa shape index (κ3) is 6.88. The van der Waals surface area contributed by atoms with Gasteiger partial charge in [0.1, 0.15) is 0 Å². The quantitative estimate of drug-likeness (QED) is 0.346. The number of amides is 1. The zero-order valence-corrected chi connectivity index (χ0v) is 20.4. The lowest BCUT2D eigenvalue weighted by molar-refractivity contribution is -0.245. The van der Waals surface area contributed by atoms with Gasteiger partial charge in [0.2, 0.25) is 11.1 Å². The number of anilines is 1. The van der Waals surface area contributed by atoms with E-state index in [1.54, 1.807) is 23.9 Å². The number of benzene rings is 2. The summed E-state index contributed by atoms with van der Waals surface area (Å²) in [6.07, 6.45) is -0.702. The van der Waals surface area contributed by atoms with Crippen molar-refractivity contribution in [2.24, 2.45) is 7.05 Å². The number of carbonyl (C=O) groups excluding carboxylic acids is 1. The van der Waals surface area contributed by atoms with Crippen LogP contribution in [0, 0.1) is 0 Å². The molecule has 1 amide bonds. The summed E-state index contributed by atoms with van der Waals surface area (Å²) in [5.41, 5.74) is 3.15. The van der Waals surface area contributed by atoms with E-state index in [2.05, 4.69) is 20.8 Å². The Kier molecular flexibility index (Phi) is 8.65. The maximum Gasteiger partial charge on any atom is 0.303 e. The van der Waals surface area contributed by atoms with Crippen molar-refractivity contribution < 1.29 is 29.3 Å². The minimum absolute atomic E-state index is 0.0261. The highest BCUT2D eigenvalue weighted by Gasteiger charge is 2.32.